The molecule has 2 N–H and O–H groups in total. The molecule has 0 radical (unpaired) electrons. The maximum Gasteiger partial charge on any atom is 0.416 e. The molecule has 0 saturated heterocycles. The van der Waals surface area contributed by atoms with Gasteiger partial charge in [0.25, 0.3) is 0 Å². The van der Waals surface area contributed by atoms with Crippen LogP contribution in [0, 0.1) is 5.41 Å². The van der Waals surface area contributed by atoms with Crippen molar-refractivity contribution in [2.75, 3.05) is 0 Å². The van der Waals surface area contributed by atoms with E-state index in [1.165, 1.54) is 6.08 Å². The van der Waals surface area contributed by atoms with Crippen molar-refractivity contribution in [3.8, 4) is 0 Å². The van der Waals surface area contributed by atoms with Gasteiger partial charge >= 0.3 is 12.4 Å². The third-order valence-electron chi connectivity index (χ3n) is 3.42. The topological polar surface area (TPSA) is 38.4 Å². The third kappa shape index (κ3) is 4.78. The minimum atomic E-state index is -4.89. The molecule has 1 aliphatic rings. The number of allylic oxidation sites excluding steroid dienone is 1. The molecular formula is C16H16F6N2S. The Morgan fingerprint density at radius 2 is 1.40 bits per heavy atom. The van der Waals surface area contributed by atoms with Gasteiger partial charge in [0.15, 0.2) is 0 Å². The summed E-state index contributed by atoms with van der Waals surface area (Å²) in [5.74, 6) is 0. The van der Waals surface area contributed by atoms with E-state index in [1.54, 1.807) is 0 Å². The van der Waals surface area contributed by atoms with Crippen LogP contribution >= 0.6 is 11.8 Å². The molecule has 9 heteroatoms. The molecule has 0 bridgehead atoms. The van der Waals surface area contributed by atoms with Crippen LogP contribution in [0.3, 0.4) is 0 Å². The van der Waals surface area contributed by atoms with Gasteiger partial charge in [-0.15, -0.1) is 0 Å². The summed E-state index contributed by atoms with van der Waals surface area (Å²) < 4.78 is 78.0. The molecule has 1 aromatic rings. The number of thioether (sulfide) groups is 1. The summed E-state index contributed by atoms with van der Waals surface area (Å²) in [5, 5.41) is 0. The summed E-state index contributed by atoms with van der Waals surface area (Å²) in [6.45, 7) is 5.49. The first-order valence-electron chi connectivity index (χ1n) is 7.20. The molecule has 1 aromatic carbocycles. The van der Waals surface area contributed by atoms with Gasteiger partial charge < -0.3 is 5.73 Å². The fourth-order valence-corrected chi connectivity index (χ4v) is 3.01. The average Bonchev–Trinajstić information content (AvgIpc) is 2.43. The first-order valence-corrected chi connectivity index (χ1v) is 8.08. The molecule has 25 heavy (non-hydrogen) atoms. The average molecular weight is 382 g/mol. The minimum Gasteiger partial charge on any atom is -0.301 e. The van der Waals surface area contributed by atoms with Gasteiger partial charge in [0.2, 0.25) is 0 Å². The Hall–Kier alpha value is -1.48. The van der Waals surface area contributed by atoms with Crippen molar-refractivity contribution >= 4 is 22.4 Å². The van der Waals surface area contributed by atoms with E-state index in [0.29, 0.717) is 17.8 Å². The first-order chi connectivity index (χ1) is 11.2. The van der Waals surface area contributed by atoms with E-state index in [2.05, 4.69) is 4.99 Å². The van der Waals surface area contributed by atoms with Crippen LogP contribution in [0.1, 0.15) is 37.5 Å². The highest BCUT2D eigenvalue weighted by molar-refractivity contribution is 8.08. The maximum atomic E-state index is 13.0. The van der Waals surface area contributed by atoms with Crippen LogP contribution < -0.4 is 5.73 Å². The molecule has 1 atom stereocenters. The predicted octanol–water partition coefficient (Wildman–Crippen LogP) is 5.54. The molecule has 0 saturated carbocycles. The normalized spacial score (nSPS) is 19.5. The van der Waals surface area contributed by atoms with Crippen LogP contribution in [-0.2, 0) is 12.4 Å². The second-order valence-electron chi connectivity index (χ2n) is 6.58. The highest BCUT2D eigenvalue weighted by Crippen LogP contribution is 2.41. The van der Waals surface area contributed by atoms with Crippen molar-refractivity contribution in [3.63, 3.8) is 0 Å². The van der Waals surface area contributed by atoms with Gasteiger partial charge in [-0.1, -0.05) is 32.5 Å². The molecule has 0 amide bonds. The lowest BCUT2D eigenvalue weighted by Gasteiger charge is -2.26. The first kappa shape index (κ1) is 19.8. The zero-order chi connectivity index (χ0) is 19.2. The van der Waals surface area contributed by atoms with Crippen LogP contribution in [0.4, 0.5) is 26.3 Å². The standard InChI is InChI=1S/C16H16F6N2S/c1-14(2,3)12-7-11(25-13(23)24-12)8-4-9(15(17,18)19)6-10(5-8)16(20,21)22/h4-7,13H,23H2,1-3H3. The summed E-state index contributed by atoms with van der Waals surface area (Å²) in [5.41, 5.74) is 2.17. The quantitative estimate of drug-likeness (QED) is 0.648. The Kier molecular flexibility index (Phi) is 5.04. The molecule has 138 valence electrons. The Morgan fingerprint density at radius 3 is 1.80 bits per heavy atom. The molecule has 1 aliphatic heterocycles. The van der Waals surface area contributed by atoms with Gasteiger partial charge in [0, 0.05) is 16.0 Å². The smallest absolute Gasteiger partial charge is 0.301 e. The monoisotopic (exact) mass is 382 g/mol. The number of alkyl halides is 6. The molecular weight excluding hydrogens is 366 g/mol. The number of rotatable bonds is 1. The molecule has 0 spiro atoms. The Balaban J connectivity index is 2.62. The van der Waals surface area contributed by atoms with Gasteiger partial charge in [-0.05, 0) is 29.8 Å². The Morgan fingerprint density at radius 1 is 0.920 bits per heavy atom. The lowest BCUT2D eigenvalue weighted by Crippen LogP contribution is -2.26. The molecule has 0 fully saturated rings. The maximum absolute atomic E-state index is 13.0. The summed E-state index contributed by atoms with van der Waals surface area (Å²) in [7, 11) is 0. The van der Waals surface area contributed by atoms with Crippen LogP contribution in [-0.4, -0.2) is 11.2 Å². The van der Waals surface area contributed by atoms with Crippen LogP contribution in [0.2, 0.25) is 0 Å². The zero-order valence-corrected chi connectivity index (χ0v) is 14.4. The van der Waals surface area contributed by atoms with Crippen LogP contribution in [0.25, 0.3) is 4.91 Å². The number of hydrogen-bond donors (Lipinski definition) is 1. The summed E-state index contributed by atoms with van der Waals surface area (Å²) in [6.07, 6.45) is -8.29. The number of nitrogens with two attached hydrogens (primary N) is 1. The van der Waals surface area contributed by atoms with E-state index in [1.807, 2.05) is 20.8 Å². The second kappa shape index (κ2) is 6.35. The largest absolute Gasteiger partial charge is 0.416 e. The number of aliphatic imine (C=N–C) groups is 1. The van der Waals surface area contributed by atoms with E-state index in [0.717, 1.165) is 11.8 Å². The molecule has 1 heterocycles. The molecule has 2 rings (SSSR count). The van der Waals surface area contributed by atoms with E-state index in [9.17, 15) is 26.3 Å². The van der Waals surface area contributed by atoms with Crippen molar-refractivity contribution in [1.82, 2.24) is 0 Å². The number of halogens is 6. The van der Waals surface area contributed by atoms with Gasteiger partial charge in [-0.2, -0.15) is 26.3 Å². The molecule has 2 nitrogen and oxygen atoms in total. The Labute approximate surface area is 145 Å². The SMILES string of the molecule is CC(C)(C)C1=NC(N)SC(c2cc(C(F)(F)F)cc(C(F)(F)F)c2)=C1. The van der Waals surface area contributed by atoms with Gasteiger partial charge in [0.05, 0.1) is 11.1 Å². The van der Waals surface area contributed by atoms with Crippen LogP contribution in [0.5, 0.6) is 0 Å². The summed E-state index contributed by atoms with van der Waals surface area (Å²) in [6, 6.07) is 1.51. The summed E-state index contributed by atoms with van der Waals surface area (Å²) >= 11 is 0.915. The highest BCUT2D eigenvalue weighted by atomic mass is 32.2. The zero-order valence-electron chi connectivity index (χ0n) is 13.6. The van der Waals surface area contributed by atoms with E-state index in [-0.39, 0.29) is 16.5 Å². The second-order valence-corrected chi connectivity index (χ2v) is 7.73. The third-order valence-corrected chi connectivity index (χ3v) is 4.38. The highest BCUT2D eigenvalue weighted by Gasteiger charge is 2.37. The number of nitrogens with zero attached hydrogens (tertiary/aromatic N) is 1. The van der Waals surface area contributed by atoms with E-state index < -0.39 is 34.4 Å². The minimum absolute atomic E-state index is 0.107. The van der Waals surface area contributed by atoms with Crippen LogP contribution in [0.15, 0.2) is 29.3 Å². The van der Waals surface area contributed by atoms with Crippen molar-refractivity contribution in [2.24, 2.45) is 16.1 Å². The molecule has 0 aliphatic carbocycles. The van der Waals surface area contributed by atoms with Gasteiger partial charge in [0.1, 0.15) is 5.50 Å². The lowest BCUT2D eigenvalue weighted by molar-refractivity contribution is -0.143. The number of hydrogen-bond acceptors (Lipinski definition) is 3. The molecule has 1 unspecified atom stereocenters. The van der Waals surface area contributed by atoms with Crippen molar-refractivity contribution in [2.45, 2.75) is 38.6 Å². The fourth-order valence-electron chi connectivity index (χ4n) is 2.15. The summed E-state index contributed by atoms with van der Waals surface area (Å²) in [4.78, 5) is 4.43. The predicted molar refractivity (Wildman–Crippen MR) is 86.9 cm³/mol. The molecule has 0 aromatic heterocycles. The van der Waals surface area contributed by atoms with Crippen molar-refractivity contribution in [3.05, 3.63) is 41.0 Å². The lowest BCUT2D eigenvalue weighted by atomic mass is 9.89. The van der Waals surface area contributed by atoms with Crippen molar-refractivity contribution in [1.29, 1.82) is 0 Å². The fraction of sp³-hybridized carbons (Fsp3) is 0.438. The van der Waals surface area contributed by atoms with Crippen molar-refractivity contribution < 1.29 is 26.3 Å². The Bertz CT molecular complexity index is 693. The number of benzene rings is 1. The van der Waals surface area contributed by atoms with E-state index >= 15 is 0 Å². The van der Waals surface area contributed by atoms with Gasteiger partial charge in [-0.3, -0.25) is 4.99 Å². The van der Waals surface area contributed by atoms with E-state index in [4.69, 9.17) is 5.73 Å². The van der Waals surface area contributed by atoms with Gasteiger partial charge in [-0.25, -0.2) is 0 Å².